The molecule has 0 saturated carbocycles. The van der Waals surface area contributed by atoms with Gasteiger partial charge in [0.25, 0.3) is 0 Å². The van der Waals surface area contributed by atoms with Gasteiger partial charge in [0.05, 0.1) is 18.3 Å². The first-order chi connectivity index (χ1) is 16.0. The highest BCUT2D eigenvalue weighted by atomic mass is 32.2. The third-order valence-electron chi connectivity index (χ3n) is 4.90. The van der Waals surface area contributed by atoms with Crippen molar-refractivity contribution in [2.24, 2.45) is 0 Å². The molecule has 172 valence electrons. The van der Waals surface area contributed by atoms with Crippen molar-refractivity contribution >= 4 is 35.0 Å². The summed E-state index contributed by atoms with van der Waals surface area (Å²) in [6.07, 6.45) is 2.43. The average molecular weight is 463 g/mol. The van der Waals surface area contributed by atoms with E-state index in [1.165, 1.54) is 11.8 Å². The predicted molar refractivity (Wildman–Crippen MR) is 136 cm³/mol. The van der Waals surface area contributed by atoms with E-state index in [2.05, 4.69) is 17.6 Å². The first kappa shape index (κ1) is 24.4. The van der Waals surface area contributed by atoms with Crippen molar-refractivity contribution in [2.75, 3.05) is 17.2 Å². The number of carbonyl (C=O) groups is 2. The number of carbonyl (C=O) groups excluding carboxylic acids is 2. The second kappa shape index (κ2) is 12.7. The first-order valence-electron chi connectivity index (χ1n) is 11.2. The number of hydrogen-bond donors (Lipinski definition) is 2. The second-order valence-corrected chi connectivity index (χ2v) is 9.13. The molecule has 0 aliphatic carbocycles. The van der Waals surface area contributed by atoms with E-state index in [-0.39, 0.29) is 17.1 Å². The Kier molecular flexibility index (Phi) is 9.39. The number of nitrogens with one attached hydrogen (secondary N) is 2. The summed E-state index contributed by atoms with van der Waals surface area (Å²) in [4.78, 5) is 25.9. The van der Waals surface area contributed by atoms with Crippen molar-refractivity contribution in [2.45, 2.75) is 43.3 Å². The van der Waals surface area contributed by atoms with E-state index >= 15 is 0 Å². The lowest BCUT2D eigenvalue weighted by molar-refractivity contribution is -0.116. The highest BCUT2D eigenvalue weighted by Gasteiger charge is 2.15. The number of amides is 2. The molecule has 0 radical (unpaired) electrons. The molecule has 0 aromatic heterocycles. The maximum Gasteiger partial charge on any atom is 0.237 e. The maximum atomic E-state index is 12.6. The van der Waals surface area contributed by atoms with Crippen LogP contribution in [0.15, 0.2) is 83.8 Å². The molecule has 0 spiro atoms. The van der Waals surface area contributed by atoms with E-state index in [1.54, 1.807) is 0 Å². The smallest absolute Gasteiger partial charge is 0.237 e. The van der Waals surface area contributed by atoms with Crippen LogP contribution in [0.3, 0.4) is 0 Å². The standard InChI is InChI=1S/C27H30N2O3S/c1-3-4-17-32-24-15-13-22(14-16-24)29-27(31)20(2)33-25-12-8-11-23(19-25)28-26(30)18-21-9-6-5-7-10-21/h5-16,19-20H,3-4,17-18H2,1-2H3,(H,28,30)(H,29,31). The minimum atomic E-state index is -0.305. The molecule has 2 N–H and O–H groups in total. The van der Waals surface area contributed by atoms with Crippen molar-refractivity contribution in [3.63, 3.8) is 0 Å². The molecule has 0 aliphatic rings. The van der Waals surface area contributed by atoms with E-state index in [0.717, 1.165) is 34.7 Å². The van der Waals surface area contributed by atoms with Crippen LogP contribution in [-0.4, -0.2) is 23.7 Å². The lowest BCUT2D eigenvalue weighted by atomic mass is 10.1. The van der Waals surface area contributed by atoms with Gasteiger partial charge in [-0.05, 0) is 61.4 Å². The SMILES string of the molecule is CCCCOc1ccc(NC(=O)C(C)Sc2cccc(NC(=O)Cc3ccccc3)c2)cc1. The van der Waals surface area contributed by atoms with Gasteiger partial charge in [-0.15, -0.1) is 11.8 Å². The highest BCUT2D eigenvalue weighted by molar-refractivity contribution is 8.00. The van der Waals surface area contributed by atoms with Crippen LogP contribution in [0, 0.1) is 0 Å². The van der Waals surface area contributed by atoms with E-state index in [4.69, 9.17) is 4.74 Å². The summed E-state index contributed by atoms with van der Waals surface area (Å²) >= 11 is 1.44. The van der Waals surface area contributed by atoms with Gasteiger partial charge >= 0.3 is 0 Å². The van der Waals surface area contributed by atoms with Gasteiger partial charge in [-0.1, -0.05) is 49.7 Å². The fourth-order valence-electron chi connectivity index (χ4n) is 3.10. The van der Waals surface area contributed by atoms with Gasteiger partial charge in [0.2, 0.25) is 11.8 Å². The molecule has 33 heavy (non-hydrogen) atoms. The van der Waals surface area contributed by atoms with Crippen LogP contribution < -0.4 is 15.4 Å². The van der Waals surface area contributed by atoms with E-state index < -0.39 is 0 Å². The topological polar surface area (TPSA) is 67.4 Å². The Morgan fingerprint density at radius 2 is 1.67 bits per heavy atom. The zero-order chi connectivity index (χ0) is 23.5. The van der Waals surface area contributed by atoms with Gasteiger partial charge in [0.15, 0.2) is 0 Å². The summed E-state index contributed by atoms with van der Waals surface area (Å²) in [7, 11) is 0. The van der Waals surface area contributed by atoms with Crippen LogP contribution in [-0.2, 0) is 16.0 Å². The molecule has 0 heterocycles. The minimum Gasteiger partial charge on any atom is -0.494 e. The molecular weight excluding hydrogens is 432 g/mol. The second-order valence-electron chi connectivity index (χ2n) is 7.71. The van der Waals surface area contributed by atoms with E-state index in [0.29, 0.717) is 18.7 Å². The van der Waals surface area contributed by atoms with Crippen LogP contribution in [0.25, 0.3) is 0 Å². The Morgan fingerprint density at radius 1 is 0.909 bits per heavy atom. The molecule has 3 rings (SSSR count). The van der Waals surface area contributed by atoms with Crippen LogP contribution in [0.4, 0.5) is 11.4 Å². The molecule has 1 atom stereocenters. The molecule has 1 unspecified atom stereocenters. The fraction of sp³-hybridized carbons (Fsp3) is 0.259. The zero-order valence-corrected chi connectivity index (χ0v) is 19.9. The Balaban J connectivity index is 1.50. The van der Waals surface area contributed by atoms with Crippen molar-refractivity contribution in [1.82, 2.24) is 0 Å². The first-order valence-corrected chi connectivity index (χ1v) is 12.1. The quantitative estimate of drug-likeness (QED) is 0.264. The molecule has 2 amide bonds. The monoisotopic (exact) mass is 462 g/mol. The highest BCUT2D eigenvalue weighted by Crippen LogP contribution is 2.27. The van der Waals surface area contributed by atoms with Crippen LogP contribution in [0.5, 0.6) is 5.75 Å². The molecule has 0 bridgehead atoms. The molecule has 3 aromatic carbocycles. The van der Waals surface area contributed by atoms with E-state index in [1.807, 2.05) is 85.8 Å². The summed E-state index contributed by atoms with van der Waals surface area (Å²) in [5.41, 5.74) is 2.41. The maximum absolute atomic E-state index is 12.6. The molecular formula is C27H30N2O3S. The van der Waals surface area contributed by atoms with Crippen molar-refractivity contribution in [3.05, 3.63) is 84.4 Å². The van der Waals surface area contributed by atoms with Gasteiger partial charge in [-0.2, -0.15) is 0 Å². The summed E-state index contributed by atoms with van der Waals surface area (Å²) in [5, 5.41) is 5.57. The largest absolute Gasteiger partial charge is 0.494 e. The normalized spacial score (nSPS) is 11.5. The Labute approximate surface area is 199 Å². The number of thioether (sulfide) groups is 1. The molecule has 3 aromatic rings. The van der Waals surface area contributed by atoms with Crippen molar-refractivity contribution < 1.29 is 14.3 Å². The number of benzene rings is 3. The van der Waals surface area contributed by atoms with E-state index in [9.17, 15) is 9.59 Å². The predicted octanol–water partition coefficient (Wildman–Crippen LogP) is 6.17. The van der Waals surface area contributed by atoms with Gasteiger partial charge in [0.1, 0.15) is 5.75 Å². The molecule has 0 aliphatic heterocycles. The Bertz CT molecular complexity index is 1040. The average Bonchev–Trinajstić information content (AvgIpc) is 2.81. The summed E-state index contributed by atoms with van der Waals surface area (Å²) < 4.78 is 5.66. The number of anilines is 2. The summed E-state index contributed by atoms with van der Waals surface area (Å²) in [5.74, 6) is 0.643. The molecule has 6 heteroatoms. The van der Waals surface area contributed by atoms with Gasteiger partial charge in [-0.25, -0.2) is 0 Å². The Morgan fingerprint density at radius 3 is 2.39 bits per heavy atom. The number of rotatable bonds is 11. The number of ether oxygens (including phenoxy) is 1. The van der Waals surface area contributed by atoms with Crippen molar-refractivity contribution in [3.8, 4) is 5.75 Å². The zero-order valence-electron chi connectivity index (χ0n) is 19.0. The molecule has 5 nitrogen and oxygen atoms in total. The van der Waals surface area contributed by atoms with Gasteiger partial charge in [0, 0.05) is 16.3 Å². The van der Waals surface area contributed by atoms with Gasteiger partial charge in [-0.3, -0.25) is 9.59 Å². The summed E-state index contributed by atoms with van der Waals surface area (Å²) in [6, 6.07) is 24.6. The third-order valence-corrected chi connectivity index (χ3v) is 5.99. The van der Waals surface area contributed by atoms with Crippen LogP contribution in [0.2, 0.25) is 0 Å². The van der Waals surface area contributed by atoms with Crippen LogP contribution >= 0.6 is 11.8 Å². The number of unbranched alkanes of at least 4 members (excludes halogenated alkanes) is 1. The number of hydrogen-bond acceptors (Lipinski definition) is 4. The van der Waals surface area contributed by atoms with Crippen molar-refractivity contribution in [1.29, 1.82) is 0 Å². The fourth-order valence-corrected chi connectivity index (χ4v) is 4.03. The lowest BCUT2D eigenvalue weighted by Gasteiger charge is -2.13. The Hall–Kier alpha value is -3.25. The van der Waals surface area contributed by atoms with Gasteiger partial charge < -0.3 is 15.4 Å². The minimum absolute atomic E-state index is 0.0729. The summed E-state index contributed by atoms with van der Waals surface area (Å²) in [6.45, 7) is 4.68. The lowest BCUT2D eigenvalue weighted by Crippen LogP contribution is -2.22. The molecule has 0 saturated heterocycles. The molecule has 0 fully saturated rings. The third kappa shape index (κ3) is 8.31. The van der Waals surface area contributed by atoms with Crippen LogP contribution in [0.1, 0.15) is 32.3 Å².